The molecule has 0 saturated carbocycles. The molecule has 0 aromatic heterocycles. The maximum Gasteiger partial charge on any atom is 0.244 e. The largest absolute Gasteiger partial charge is 0.506 e. The summed E-state index contributed by atoms with van der Waals surface area (Å²) in [5, 5.41) is 15.9. The lowest BCUT2D eigenvalue weighted by Crippen LogP contribution is -2.50. The zero-order valence-electron chi connectivity index (χ0n) is 10.9. The fourth-order valence-electron chi connectivity index (χ4n) is 2.45. The van der Waals surface area contributed by atoms with Gasteiger partial charge in [-0.1, -0.05) is 13.0 Å². The molecule has 4 nitrogen and oxygen atoms in total. The zero-order valence-corrected chi connectivity index (χ0v) is 10.9. The van der Waals surface area contributed by atoms with Gasteiger partial charge in [0.15, 0.2) is 0 Å². The highest BCUT2D eigenvalue weighted by atomic mass is 16.3. The van der Waals surface area contributed by atoms with Crippen LogP contribution in [-0.4, -0.2) is 23.1 Å². The lowest BCUT2D eigenvalue weighted by Gasteiger charge is -2.26. The van der Waals surface area contributed by atoms with Crippen LogP contribution in [0, 0.1) is 6.92 Å². The number of hydrogen-bond acceptors (Lipinski definition) is 3. The lowest BCUT2D eigenvalue weighted by molar-refractivity contribution is -0.122. The molecule has 1 aliphatic heterocycles. The van der Waals surface area contributed by atoms with Crippen LogP contribution in [0.5, 0.6) is 5.75 Å². The molecule has 1 aliphatic rings. The molecule has 0 bridgehead atoms. The highest BCUT2D eigenvalue weighted by Gasteiger charge is 2.39. The average molecular weight is 248 g/mol. The van der Waals surface area contributed by atoms with Crippen molar-refractivity contribution in [3.05, 3.63) is 23.8 Å². The van der Waals surface area contributed by atoms with Crippen molar-refractivity contribution in [2.24, 2.45) is 0 Å². The van der Waals surface area contributed by atoms with Crippen molar-refractivity contribution in [2.45, 2.75) is 38.6 Å². The Morgan fingerprint density at radius 2 is 2.33 bits per heavy atom. The van der Waals surface area contributed by atoms with Gasteiger partial charge in [-0.25, -0.2) is 0 Å². The van der Waals surface area contributed by atoms with E-state index in [1.54, 1.807) is 12.1 Å². The van der Waals surface area contributed by atoms with E-state index in [9.17, 15) is 9.90 Å². The number of nitrogens with one attached hydrogen (secondary N) is 2. The van der Waals surface area contributed by atoms with Gasteiger partial charge in [0, 0.05) is 0 Å². The monoisotopic (exact) mass is 248 g/mol. The quantitative estimate of drug-likeness (QED) is 0.718. The summed E-state index contributed by atoms with van der Waals surface area (Å²) in [7, 11) is 0. The minimum Gasteiger partial charge on any atom is -0.506 e. The third-order valence-corrected chi connectivity index (χ3v) is 3.68. The van der Waals surface area contributed by atoms with Gasteiger partial charge in [-0.15, -0.1) is 0 Å². The maximum atomic E-state index is 12.3. The van der Waals surface area contributed by atoms with Crippen LogP contribution in [0.2, 0.25) is 0 Å². The molecule has 1 aromatic carbocycles. The van der Waals surface area contributed by atoms with Gasteiger partial charge in [-0.3, -0.25) is 4.79 Å². The average Bonchev–Trinajstić information content (AvgIpc) is 2.84. The number of benzene rings is 1. The number of anilines is 1. The first-order valence-electron chi connectivity index (χ1n) is 6.43. The molecule has 18 heavy (non-hydrogen) atoms. The second kappa shape index (κ2) is 4.98. The summed E-state index contributed by atoms with van der Waals surface area (Å²) in [5.74, 6) is 0.0570. The normalized spacial score (nSPS) is 23.0. The summed E-state index contributed by atoms with van der Waals surface area (Å²) >= 11 is 0. The van der Waals surface area contributed by atoms with Crippen LogP contribution in [0.4, 0.5) is 5.69 Å². The number of carbonyl (C=O) groups excluding carboxylic acids is 1. The molecule has 4 heteroatoms. The molecular weight excluding hydrogens is 228 g/mol. The van der Waals surface area contributed by atoms with E-state index in [0.717, 1.165) is 31.4 Å². The first kappa shape index (κ1) is 12.9. The Morgan fingerprint density at radius 1 is 1.56 bits per heavy atom. The van der Waals surface area contributed by atoms with Crippen LogP contribution in [-0.2, 0) is 4.79 Å². The molecular formula is C14H20N2O2. The molecule has 1 fully saturated rings. The molecule has 0 radical (unpaired) electrons. The Morgan fingerprint density at radius 3 is 2.94 bits per heavy atom. The molecule has 98 valence electrons. The van der Waals surface area contributed by atoms with Crippen molar-refractivity contribution >= 4 is 11.6 Å². The molecule has 1 unspecified atom stereocenters. The van der Waals surface area contributed by atoms with E-state index in [1.807, 2.05) is 19.9 Å². The number of aromatic hydroxyl groups is 1. The van der Waals surface area contributed by atoms with E-state index in [0.29, 0.717) is 5.69 Å². The van der Waals surface area contributed by atoms with Crippen LogP contribution in [0.25, 0.3) is 0 Å². The van der Waals surface area contributed by atoms with E-state index in [4.69, 9.17) is 0 Å². The van der Waals surface area contributed by atoms with Gasteiger partial charge in [-0.2, -0.15) is 0 Å². The first-order valence-corrected chi connectivity index (χ1v) is 6.43. The minimum atomic E-state index is -0.476. The van der Waals surface area contributed by atoms with Crippen LogP contribution >= 0.6 is 0 Å². The van der Waals surface area contributed by atoms with E-state index in [-0.39, 0.29) is 11.7 Å². The fraction of sp³-hybridized carbons (Fsp3) is 0.500. The van der Waals surface area contributed by atoms with Gasteiger partial charge in [0.25, 0.3) is 0 Å². The maximum absolute atomic E-state index is 12.3. The van der Waals surface area contributed by atoms with E-state index in [2.05, 4.69) is 10.6 Å². The van der Waals surface area contributed by atoms with Crippen molar-refractivity contribution in [3.8, 4) is 5.75 Å². The van der Waals surface area contributed by atoms with Gasteiger partial charge in [0.05, 0.1) is 11.2 Å². The summed E-state index contributed by atoms with van der Waals surface area (Å²) in [5.41, 5.74) is 1.02. The summed E-state index contributed by atoms with van der Waals surface area (Å²) in [6.45, 7) is 4.81. The molecule has 0 spiro atoms. The summed E-state index contributed by atoms with van der Waals surface area (Å²) < 4.78 is 0. The number of phenolic OH excluding ortho intramolecular Hbond substituents is 1. The number of hydrogen-bond donors (Lipinski definition) is 3. The highest BCUT2D eigenvalue weighted by Crippen LogP contribution is 2.28. The smallest absolute Gasteiger partial charge is 0.244 e. The Balaban J connectivity index is 2.18. The third kappa shape index (κ3) is 2.34. The van der Waals surface area contributed by atoms with Gasteiger partial charge in [-0.05, 0) is 50.4 Å². The minimum absolute atomic E-state index is 0.0524. The molecule has 1 atom stereocenters. The number of aryl methyl sites for hydroxylation is 1. The number of phenols is 1. The molecule has 0 aliphatic carbocycles. The third-order valence-electron chi connectivity index (χ3n) is 3.68. The molecule has 1 heterocycles. The second-order valence-corrected chi connectivity index (χ2v) is 4.94. The van der Waals surface area contributed by atoms with Gasteiger partial charge < -0.3 is 15.7 Å². The van der Waals surface area contributed by atoms with Crippen molar-refractivity contribution in [1.29, 1.82) is 0 Å². The van der Waals surface area contributed by atoms with Crippen molar-refractivity contribution in [3.63, 3.8) is 0 Å². The fourth-order valence-corrected chi connectivity index (χ4v) is 2.45. The predicted octanol–water partition coefficient (Wildman–Crippen LogP) is 2.17. The highest BCUT2D eigenvalue weighted by molar-refractivity contribution is 5.99. The Bertz CT molecular complexity index is 451. The van der Waals surface area contributed by atoms with Crippen LogP contribution in [0.15, 0.2) is 18.2 Å². The Kier molecular flexibility index (Phi) is 3.57. The van der Waals surface area contributed by atoms with Crippen LogP contribution in [0.1, 0.15) is 31.7 Å². The van der Waals surface area contributed by atoms with Crippen LogP contribution in [0.3, 0.4) is 0 Å². The second-order valence-electron chi connectivity index (χ2n) is 4.94. The molecule has 2 rings (SSSR count). The van der Waals surface area contributed by atoms with Gasteiger partial charge in [0.1, 0.15) is 5.75 Å². The molecule has 1 aromatic rings. The Hall–Kier alpha value is -1.55. The van der Waals surface area contributed by atoms with Crippen molar-refractivity contribution in [1.82, 2.24) is 5.32 Å². The summed E-state index contributed by atoms with van der Waals surface area (Å²) in [6, 6.07) is 5.20. The van der Waals surface area contributed by atoms with Crippen molar-refractivity contribution < 1.29 is 9.90 Å². The molecule has 3 N–H and O–H groups in total. The van der Waals surface area contributed by atoms with E-state index >= 15 is 0 Å². The standard InChI is InChI=1S/C14H20N2O2/c1-3-14(7-4-8-15-14)13(18)16-11-9-10(2)5-6-12(11)17/h5-6,9,15,17H,3-4,7-8H2,1-2H3,(H,16,18). The predicted molar refractivity (Wildman–Crippen MR) is 71.7 cm³/mol. The number of amides is 1. The number of carbonyl (C=O) groups is 1. The van der Waals surface area contributed by atoms with E-state index < -0.39 is 5.54 Å². The zero-order chi connectivity index (χ0) is 13.2. The summed E-state index contributed by atoms with van der Waals surface area (Å²) in [4.78, 5) is 12.3. The number of rotatable bonds is 3. The van der Waals surface area contributed by atoms with E-state index in [1.165, 1.54) is 0 Å². The molecule has 1 saturated heterocycles. The topological polar surface area (TPSA) is 61.4 Å². The summed E-state index contributed by atoms with van der Waals surface area (Å²) in [6.07, 6.45) is 2.62. The SMILES string of the molecule is CCC1(C(=O)Nc2cc(C)ccc2O)CCCN1. The van der Waals surface area contributed by atoms with Gasteiger partial charge in [0.2, 0.25) is 5.91 Å². The lowest BCUT2D eigenvalue weighted by atomic mass is 9.93. The van der Waals surface area contributed by atoms with Crippen molar-refractivity contribution in [2.75, 3.05) is 11.9 Å². The molecule has 1 amide bonds. The van der Waals surface area contributed by atoms with Crippen LogP contribution < -0.4 is 10.6 Å². The van der Waals surface area contributed by atoms with Gasteiger partial charge >= 0.3 is 0 Å². The Labute approximate surface area is 107 Å². The first-order chi connectivity index (χ1) is 8.57.